The molecule has 110 valence electrons. The van der Waals surface area contributed by atoms with Gasteiger partial charge < -0.3 is 24.8 Å². The SMILES string of the molecule is [C-]1=CC=CC1.[CH3][Sn]([CH3])([CH3])[c]1cc2ccccc2[cH-]1.[Cl-].[Cl-].[Zr+4]. The van der Waals surface area contributed by atoms with Gasteiger partial charge >= 0.3 is 110 Å². The van der Waals surface area contributed by atoms with E-state index in [1.54, 1.807) is 3.58 Å². The fraction of sp³-hybridized carbons (Fsp3) is 0.235. The molecule has 0 radical (unpaired) electrons. The molecule has 1 aliphatic carbocycles. The Kier molecular flexibility index (Phi) is 12.7. The smallest absolute Gasteiger partial charge is 1.00 e. The Balaban J connectivity index is 0. The van der Waals surface area contributed by atoms with E-state index in [-0.39, 0.29) is 51.0 Å². The van der Waals surface area contributed by atoms with Crippen LogP contribution in [0.5, 0.6) is 0 Å². The summed E-state index contributed by atoms with van der Waals surface area (Å²) < 4.78 is 1.63. The van der Waals surface area contributed by atoms with Crippen LogP contribution in [0, 0.1) is 6.08 Å². The number of fused-ring (bicyclic) bond motifs is 1. The summed E-state index contributed by atoms with van der Waals surface area (Å²) in [4.78, 5) is 7.38. The fourth-order valence-electron chi connectivity index (χ4n) is 1.92. The quantitative estimate of drug-likeness (QED) is 0.325. The first-order chi connectivity index (χ1) is 8.57. The van der Waals surface area contributed by atoms with Crippen molar-refractivity contribution >= 4 is 32.7 Å². The molecule has 0 nitrogen and oxygen atoms in total. The Morgan fingerprint density at radius 3 is 2.19 bits per heavy atom. The molecule has 0 aromatic heterocycles. The summed E-state index contributed by atoms with van der Waals surface area (Å²) in [5, 5.41) is 2.81. The van der Waals surface area contributed by atoms with Crippen LogP contribution in [0.3, 0.4) is 0 Å². The van der Waals surface area contributed by atoms with Crippen LogP contribution >= 0.6 is 0 Å². The molecule has 0 saturated heterocycles. The van der Waals surface area contributed by atoms with Gasteiger partial charge in [-0.25, -0.2) is 12.2 Å². The molecule has 0 amide bonds. The summed E-state index contributed by atoms with van der Waals surface area (Å²) in [7, 11) is 0. The number of hydrogen-bond donors (Lipinski definition) is 0. The molecule has 0 bridgehead atoms. The van der Waals surface area contributed by atoms with Crippen molar-refractivity contribution in [1.82, 2.24) is 0 Å². The molecule has 3 rings (SSSR count). The summed E-state index contributed by atoms with van der Waals surface area (Å²) in [5.41, 5.74) is 0. The minimum absolute atomic E-state index is 0. The molecule has 0 spiro atoms. The van der Waals surface area contributed by atoms with E-state index < -0.39 is 18.4 Å². The van der Waals surface area contributed by atoms with Gasteiger partial charge in [-0.05, 0) is 0 Å². The maximum atomic E-state index is 2.99. The topological polar surface area (TPSA) is 0 Å². The fourth-order valence-corrected chi connectivity index (χ4v) is 5.28. The average molecular weight is 505 g/mol. The first-order valence-corrected chi connectivity index (χ1v) is 16.4. The molecule has 4 heteroatoms. The zero-order valence-corrected chi connectivity index (χ0v) is 19.5. The Hall–Kier alpha value is 0.572. The molecule has 0 N–H and O–H groups in total. The van der Waals surface area contributed by atoms with Crippen LogP contribution in [0.1, 0.15) is 6.42 Å². The number of halogens is 2. The van der Waals surface area contributed by atoms with E-state index >= 15 is 0 Å². The van der Waals surface area contributed by atoms with Gasteiger partial charge in [0.15, 0.2) is 0 Å². The second kappa shape index (κ2) is 11.2. The second-order valence-electron chi connectivity index (χ2n) is 5.63. The van der Waals surface area contributed by atoms with Crippen LogP contribution in [0.15, 0.2) is 54.6 Å². The van der Waals surface area contributed by atoms with Crippen molar-refractivity contribution in [2.24, 2.45) is 0 Å². The van der Waals surface area contributed by atoms with Gasteiger partial charge in [0, 0.05) is 0 Å². The van der Waals surface area contributed by atoms with Crippen molar-refractivity contribution in [3.8, 4) is 0 Å². The molecular formula is C17H20Cl2SnZr. The van der Waals surface area contributed by atoms with Crippen molar-refractivity contribution in [3.05, 3.63) is 60.7 Å². The van der Waals surface area contributed by atoms with Crippen molar-refractivity contribution in [3.63, 3.8) is 0 Å². The minimum Gasteiger partial charge on any atom is -1.00 e. The standard InChI is InChI=1S/C9H6.C5H5.3CH3.2ClH.Sn.Zr/c1-2-5-9-7-3-6-8(9)4-1;1-2-4-5-3-1;;;;;;;/h1-2,4-7H;1-3H,4H2;3*1H3;2*1H;;/q2*-1;;;;;;;+4/p-2. The number of allylic oxidation sites excluding steroid dienone is 4. The zero-order chi connectivity index (χ0) is 13.0. The molecule has 0 saturated carbocycles. The van der Waals surface area contributed by atoms with E-state index in [1.807, 2.05) is 12.2 Å². The molecule has 2 aromatic rings. The van der Waals surface area contributed by atoms with E-state index in [4.69, 9.17) is 0 Å². The summed E-state index contributed by atoms with van der Waals surface area (Å²) in [6, 6.07) is 13.4. The molecule has 1 aliphatic rings. The first-order valence-electron chi connectivity index (χ1n) is 6.45. The summed E-state index contributed by atoms with van der Waals surface area (Å²) in [5.74, 6) is 0. The molecule has 21 heavy (non-hydrogen) atoms. The van der Waals surface area contributed by atoms with Crippen molar-refractivity contribution < 1.29 is 51.0 Å². The summed E-state index contributed by atoms with van der Waals surface area (Å²) in [6.07, 6.45) is 10.0. The predicted molar refractivity (Wildman–Crippen MR) is 84.1 cm³/mol. The Morgan fingerprint density at radius 1 is 1.10 bits per heavy atom. The minimum atomic E-state index is -1.82. The van der Waals surface area contributed by atoms with Gasteiger partial charge in [0.2, 0.25) is 0 Å². The van der Waals surface area contributed by atoms with Crippen LogP contribution in [0.25, 0.3) is 10.8 Å². The number of hydrogen-bond acceptors (Lipinski definition) is 0. The second-order valence-corrected chi connectivity index (χ2v) is 20.1. The third kappa shape index (κ3) is 7.59. The molecule has 0 fully saturated rings. The maximum Gasteiger partial charge on any atom is 4.00 e. The van der Waals surface area contributed by atoms with Gasteiger partial charge in [0.25, 0.3) is 0 Å². The van der Waals surface area contributed by atoms with Gasteiger partial charge in [0.1, 0.15) is 0 Å². The first kappa shape index (κ1) is 23.8. The Bertz CT molecular complexity index is 537. The van der Waals surface area contributed by atoms with Gasteiger partial charge in [0.05, 0.1) is 0 Å². The van der Waals surface area contributed by atoms with Gasteiger partial charge in [-0.3, -0.25) is 6.08 Å². The van der Waals surface area contributed by atoms with E-state index in [2.05, 4.69) is 63.4 Å². The molecule has 2 aromatic carbocycles. The maximum absolute atomic E-state index is 2.99. The van der Waals surface area contributed by atoms with E-state index in [9.17, 15) is 0 Å². The summed E-state index contributed by atoms with van der Waals surface area (Å²) >= 11 is -1.82. The number of rotatable bonds is 1. The van der Waals surface area contributed by atoms with E-state index in [1.165, 1.54) is 10.8 Å². The van der Waals surface area contributed by atoms with Crippen LogP contribution in [-0.4, -0.2) is 18.4 Å². The molecule has 0 aliphatic heterocycles. The van der Waals surface area contributed by atoms with Gasteiger partial charge in [-0.15, -0.1) is 6.42 Å². The monoisotopic (exact) mass is 504 g/mol. The van der Waals surface area contributed by atoms with E-state index in [0.717, 1.165) is 6.42 Å². The predicted octanol–water partition coefficient (Wildman–Crippen LogP) is -1.58. The third-order valence-corrected chi connectivity index (χ3v) is 8.84. The van der Waals surface area contributed by atoms with E-state index in [0.29, 0.717) is 0 Å². The van der Waals surface area contributed by atoms with Gasteiger partial charge in [-0.2, -0.15) is 6.08 Å². The van der Waals surface area contributed by atoms with Gasteiger partial charge in [-0.1, -0.05) is 0 Å². The molecule has 0 heterocycles. The Labute approximate surface area is 164 Å². The average Bonchev–Trinajstić information content (AvgIpc) is 3.01. The summed E-state index contributed by atoms with van der Waals surface area (Å²) in [6.45, 7) is 0. The third-order valence-electron chi connectivity index (χ3n) is 3.07. The van der Waals surface area contributed by atoms with Crippen LogP contribution in [0.2, 0.25) is 14.8 Å². The molecule has 0 atom stereocenters. The normalized spacial score (nSPS) is 11.8. The van der Waals surface area contributed by atoms with Crippen molar-refractivity contribution in [2.45, 2.75) is 21.2 Å². The van der Waals surface area contributed by atoms with Crippen LogP contribution in [0.4, 0.5) is 0 Å². The number of benzene rings is 1. The van der Waals surface area contributed by atoms with Crippen molar-refractivity contribution in [2.75, 3.05) is 0 Å². The van der Waals surface area contributed by atoms with Crippen LogP contribution in [-0.2, 0) is 26.2 Å². The van der Waals surface area contributed by atoms with Crippen LogP contribution < -0.4 is 28.4 Å². The van der Waals surface area contributed by atoms with Crippen molar-refractivity contribution in [1.29, 1.82) is 0 Å². The molecular weight excluding hydrogens is 485 g/mol. The molecule has 0 unspecified atom stereocenters. The Morgan fingerprint density at radius 2 is 1.76 bits per heavy atom. The largest absolute Gasteiger partial charge is 4.00 e. The zero-order valence-electron chi connectivity index (χ0n) is 12.7.